The Morgan fingerprint density at radius 1 is 1.67 bits per heavy atom. The first-order valence-electron chi connectivity index (χ1n) is 6.05. The number of pyridine rings is 1. The first-order chi connectivity index (χ1) is 8.69. The first kappa shape index (κ1) is 12.4. The van der Waals surface area contributed by atoms with Gasteiger partial charge < -0.3 is 10.1 Å². The molecule has 0 saturated heterocycles. The summed E-state index contributed by atoms with van der Waals surface area (Å²) in [4.78, 5) is 15.8. The van der Waals surface area contributed by atoms with Crippen molar-refractivity contribution in [3.8, 4) is 18.1 Å². The van der Waals surface area contributed by atoms with Gasteiger partial charge in [-0.25, -0.2) is 0 Å². The van der Waals surface area contributed by atoms with Crippen molar-refractivity contribution in [2.24, 2.45) is 0 Å². The maximum absolute atomic E-state index is 11.7. The van der Waals surface area contributed by atoms with Crippen LogP contribution in [0.5, 0.6) is 5.75 Å². The van der Waals surface area contributed by atoms with Crippen LogP contribution in [0.4, 0.5) is 5.69 Å². The Balaban J connectivity index is 2.06. The number of aromatic nitrogens is 1. The zero-order valence-electron chi connectivity index (χ0n) is 10.4. The van der Waals surface area contributed by atoms with Crippen molar-refractivity contribution in [3.63, 3.8) is 0 Å². The molecule has 1 fully saturated rings. The molecule has 0 aromatic carbocycles. The van der Waals surface area contributed by atoms with Crippen LogP contribution >= 0.6 is 0 Å². The summed E-state index contributed by atoms with van der Waals surface area (Å²) in [6, 6.07) is 1.81. The van der Waals surface area contributed by atoms with Crippen LogP contribution in [-0.2, 0) is 4.79 Å². The molecule has 0 atom stereocenters. The minimum atomic E-state index is -0.0980. The third-order valence-electron chi connectivity index (χ3n) is 2.59. The van der Waals surface area contributed by atoms with Crippen LogP contribution in [0, 0.1) is 19.3 Å². The highest BCUT2D eigenvalue weighted by atomic mass is 16.5. The van der Waals surface area contributed by atoms with E-state index in [4.69, 9.17) is 11.2 Å². The second kappa shape index (κ2) is 5.54. The monoisotopic (exact) mass is 244 g/mol. The smallest absolute Gasteiger partial charge is 0.225 e. The number of anilines is 1. The molecule has 0 bridgehead atoms. The molecular formula is C14H16N2O2. The fraction of sp³-hybridized carbons (Fsp3) is 0.429. The number of nitrogens with zero attached hydrogens (tertiary/aromatic N) is 1. The van der Waals surface area contributed by atoms with E-state index in [0.717, 1.165) is 18.5 Å². The summed E-state index contributed by atoms with van der Waals surface area (Å²) < 4.78 is 5.70. The highest BCUT2D eigenvalue weighted by Crippen LogP contribution is 2.31. The summed E-state index contributed by atoms with van der Waals surface area (Å²) in [6.07, 6.45) is 9.96. The number of carbonyl (C=O) groups excluding carboxylic acids is 1. The highest BCUT2D eigenvalue weighted by Gasteiger charge is 2.25. The number of terminal acetylenes is 1. The molecule has 0 unspecified atom stereocenters. The van der Waals surface area contributed by atoms with E-state index in [9.17, 15) is 4.79 Å². The van der Waals surface area contributed by atoms with Gasteiger partial charge >= 0.3 is 0 Å². The molecule has 1 heterocycles. The van der Waals surface area contributed by atoms with Crippen molar-refractivity contribution in [1.82, 2.24) is 4.98 Å². The van der Waals surface area contributed by atoms with Gasteiger partial charge in [0.2, 0.25) is 5.91 Å². The van der Waals surface area contributed by atoms with Crippen LogP contribution in [0.2, 0.25) is 0 Å². The van der Waals surface area contributed by atoms with Crippen LogP contribution in [0.1, 0.15) is 31.4 Å². The largest absolute Gasteiger partial charge is 0.487 e. The minimum absolute atomic E-state index is 0.0980. The molecule has 4 heteroatoms. The zero-order chi connectivity index (χ0) is 13.0. The molecule has 1 aliphatic carbocycles. The van der Waals surface area contributed by atoms with Gasteiger partial charge in [0.25, 0.3) is 0 Å². The molecule has 0 radical (unpaired) electrons. The Morgan fingerprint density at radius 2 is 2.44 bits per heavy atom. The number of aryl methyl sites for hydroxylation is 1. The van der Waals surface area contributed by atoms with Crippen molar-refractivity contribution in [1.29, 1.82) is 0 Å². The highest BCUT2D eigenvalue weighted by molar-refractivity contribution is 5.92. The molecular weight excluding hydrogens is 228 g/mol. The van der Waals surface area contributed by atoms with Crippen molar-refractivity contribution in [2.45, 2.75) is 38.7 Å². The lowest BCUT2D eigenvalue weighted by molar-refractivity contribution is -0.116. The molecule has 1 aromatic rings. The Bertz CT molecular complexity index is 487. The summed E-state index contributed by atoms with van der Waals surface area (Å²) in [7, 11) is 0. The van der Waals surface area contributed by atoms with Crippen molar-refractivity contribution in [3.05, 3.63) is 18.0 Å². The molecule has 2 rings (SSSR count). The molecule has 1 N–H and O–H groups in total. The number of carbonyl (C=O) groups is 1. The van der Waals surface area contributed by atoms with E-state index in [1.54, 1.807) is 6.20 Å². The Kier molecular flexibility index (Phi) is 3.83. The third-order valence-corrected chi connectivity index (χ3v) is 2.59. The van der Waals surface area contributed by atoms with E-state index in [2.05, 4.69) is 16.2 Å². The van der Waals surface area contributed by atoms with E-state index >= 15 is 0 Å². The molecule has 1 saturated carbocycles. The van der Waals surface area contributed by atoms with Gasteiger partial charge in [0.15, 0.2) is 5.75 Å². The molecule has 0 spiro atoms. The van der Waals surface area contributed by atoms with Gasteiger partial charge in [0.1, 0.15) is 0 Å². The topological polar surface area (TPSA) is 51.2 Å². The van der Waals surface area contributed by atoms with E-state index in [-0.39, 0.29) is 12.0 Å². The minimum Gasteiger partial charge on any atom is -0.487 e. The number of hydrogen-bond donors (Lipinski definition) is 1. The number of rotatable bonds is 5. The molecule has 1 amide bonds. The molecule has 94 valence electrons. The predicted octanol–water partition coefficient (Wildman–Crippen LogP) is 2.28. The van der Waals surface area contributed by atoms with Gasteiger partial charge in [-0.2, -0.15) is 0 Å². The number of nitrogens with one attached hydrogen (secondary N) is 1. The van der Waals surface area contributed by atoms with Gasteiger partial charge in [-0.05, 0) is 25.8 Å². The lowest BCUT2D eigenvalue weighted by Gasteiger charge is -2.12. The maximum Gasteiger partial charge on any atom is 0.225 e. The first-order valence-corrected chi connectivity index (χ1v) is 6.05. The second-order valence-electron chi connectivity index (χ2n) is 4.39. The van der Waals surface area contributed by atoms with E-state index in [1.807, 2.05) is 13.0 Å². The van der Waals surface area contributed by atoms with E-state index in [1.165, 1.54) is 0 Å². The summed E-state index contributed by atoms with van der Waals surface area (Å²) in [5.41, 5.74) is 1.52. The summed E-state index contributed by atoms with van der Waals surface area (Å²) in [6.45, 7) is 1.87. The van der Waals surface area contributed by atoms with Crippen LogP contribution in [0.25, 0.3) is 0 Å². The van der Waals surface area contributed by atoms with Crippen LogP contribution in [0.15, 0.2) is 12.3 Å². The number of hydrogen-bond acceptors (Lipinski definition) is 3. The lowest BCUT2D eigenvalue weighted by atomic mass is 10.2. The average Bonchev–Trinajstić information content (AvgIpc) is 3.14. The molecule has 4 nitrogen and oxygen atoms in total. The van der Waals surface area contributed by atoms with Crippen LogP contribution in [0.3, 0.4) is 0 Å². The van der Waals surface area contributed by atoms with Gasteiger partial charge in [0.05, 0.1) is 18.0 Å². The molecule has 1 aromatic heterocycles. The quantitative estimate of drug-likeness (QED) is 0.808. The van der Waals surface area contributed by atoms with Crippen molar-refractivity contribution < 1.29 is 9.53 Å². The third kappa shape index (κ3) is 3.49. The van der Waals surface area contributed by atoms with Crippen molar-refractivity contribution >= 4 is 11.6 Å². The summed E-state index contributed by atoms with van der Waals surface area (Å²) in [5.74, 6) is 2.99. The fourth-order valence-electron chi connectivity index (χ4n) is 1.50. The molecule has 18 heavy (non-hydrogen) atoms. The van der Waals surface area contributed by atoms with Crippen molar-refractivity contribution in [2.75, 3.05) is 5.32 Å². The van der Waals surface area contributed by atoms with Gasteiger partial charge in [-0.1, -0.05) is 0 Å². The maximum atomic E-state index is 11.7. The van der Waals surface area contributed by atoms with Gasteiger partial charge in [-0.15, -0.1) is 12.3 Å². The van der Waals surface area contributed by atoms with E-state index in [0.29, 0.717) is 24.3 Å². The van der Waals surface area contributed by atoms with Gasteiger partial charge in [0, 0.05) is 18.5 Å². The Morgan fingerprint density at radius 3 is 3.11 bits per heavy atom. The lowest BCUT2D eigenvalue weighted by Crippen LogP contribution is -2.13. The number of ether oxygens (including phenoxy) is 1. The summed E-state index contributed by atoms with van der Waals surface area (Å²) >= 11 is 0. The zero-order valence-corrected chi connectivity index (χ0v) is 10.4. The Hall–Kier alpha value is -2.02. The van der Waals surface area contributed by atoms with Crippen LogP contribution < -0.4 is 10.1 Å². The SMILES string of the molecule is C#CCCC(=O)Nc1cc(C)ncc1OC1CC1. The Labute approximate surface area is 107 Å². The predicted molar refractivity (Wildman–Crippen MR) is 69.3 cm³/mol. The fourth-order valence-corrected chi connectivity index (χ4v) is 1.50. The van der Waals surface area contributed by atoms with Gasteiger partial charge in [-0.3, -0.25) is 9.78 Å². The summed E-state index contributed by atoms with van der Waals surface area (Å²) in [5, 5.41) is 2.82. The average molecular weight is 244 g/mol. The molecule has 0 aliphatic heterocycles. The molecule has 1 aliphatic rings. The number of amides is 1. The normalized spacial score (nSPS) is 13.8. The van der Waals surface area contributed by atoms with E-state index < -0.39 is 0 Å². The standard InChI is InChI=1S/C14H16N2O2/c1-3-4-5-14(17)16-12-8-10(2)15-9-13(12)18-11-6-7-11/h1,8-9,11H,4-7H2,2H3,(H,15,16,17). The van der Waals surface area contributed by atoms with Crippen LogP contribution in [-0.4, -0.2) is 17.0 Å². The second-order valence-corrected chi connectivity index (χ2v) is 4.39.